The Morgan fingerprint density at radius 1 is 0.931 bits per heavy atom. The Kier molecular flexibility index (Phi) is 5.61. The predicted octanol–water partition coefficient (Wildman–Crippen LogP) is 2.28. The van der Waals surface area contributed by atoms with Gasteiger partial charge in [-0.2, -0.15) is 0 Å². The van der Waals surface area contributed by atoms with Crippen LogP contribution in [0.5, 0.6) is 0 Å². The molecule has 1 saturated carbocycles. The summed E-state index contributed by atoms with van der Waals surface area (Å²) in [6, 6.07) is 0. The van der Waals surface area contributed by atoms with Gasteiger partial charge in [0.05, 0.1) is 17.2 Å². The minimum Gasteiger partial charge on any atom is -0.339 e. The maximum absolute atomic E-state index is 12.9. The number of piperidine rings is 1. The molecule has 1 aromatic heterocycles. The quantitative estimate of drug-likeness (QED) is 0.756. The van der Waals surface area contributed by atoms with Gasteiger partial charge in [-0.3, -0.25) is 14.5 Å². The van der Waals surface area contributed by atoms with Gasteiger partial charge in [-0.1, -0.05) is 0 Å². The fourth-order valence-electron chi connectivity index (χ4n) is 5.00. The Morgan fingerprint density at radius 2 is 1.69 bits per heavy atom. The van der Waals surface area contributed by atoms with E-state index in [1.54, 1.807) is 0 Å². The summed E-state index contributed by atoms with van der Waals surface area (Å²) in [4.78, 5) is 37.8. The summed E-state index contributed by atoms with van der Waals surface area (Å²) < 4.78 is 0. The van der Waals surface area contributed by atoms with E-state index in [0.717, 1.165) is 38.8 Å². The van der Waals surface area contributed by atoms with Crippen LogP contribution in [0, 0.1) is 5.92 Å². The van der Waals surface area contributed by atoms with Gasteiger partial charge in [-0.05, 0) is 57.9 Å². The molecule has 0 bridgehead atoms. The second-order valence-corrected chi connectivity index (χ2v) is 10.3. The van der Waals surface area contributed by atoms with E-state index >= 15 is 0 Å². The van der Waals surface area contributed by atoms with Gasteiger partial charge >= 0.3 is 0 Å². The summed E-state index contributed by atoms with van der Waals surface area (Å²) in [5.74, 6) is 1.30. The number of hydrogen-bond donors (Lipinski definition) is 0. The van der Waals surface area contributed by atoms with Crippen LogP contribution in [-0.2, 0) is 22.4 Å². The highest BCUT2D eigenvalue weighted by molar-refractivity contribution is 7.11. The lowest BCUT2D eigenvalue weighted by molar-refractivity contribution is -0.141. The first-order chi connectivity index (χ1) is 14.2. The van der Waals surface area contributed by atoms with Crippen LogP contribution >= 0.6 is 11.3 Å². The van der Waals surface area contributed by atoms with Crippen molar-refractivity contribution < 1.29 is 9.59 Å². The third kappa shape index (κ3) is 4.36. The normalized spacial score (nSPS) is 25.7. The number of nitrogens with zero attached hydrogens (tertiary/aromatic N) is 4. The zero-order chi connectivity index (χ0) is 19.8. The molecule has 3 fully saturated rings. The Bertz CT molecular complexity index is 743. The highest BCUT2D eigenvalue weighted by Gasteiger charge is 2.35. The van der Waals surface area contributed by atoms with Crippen molar-refractivity contribution in [2.24, 2.45) is 5.92 Å². The van der Waals surface area contributed by atoms with Crippen LogP contribution in [0.2, 0.25) is 0 Å². The van der Waals surface area contributed by atoms with E-state index < -0.39 is 0 Å². The van der Waals surface area contributed by atoms with Gasteiger partial charge in [0.15, 0.2) is 0 Å². The maximum atomic E-state index is 12.9. The standard InChI is InChI=1S/C22H32N4O2S/c27-20(25-10-12-26(13-11-25)22(28)16-7-8-16)15-24-9-3-4-17(14-24)21-23-18-5-1-2-6-19(18)29-21/h16-17H,1-15H2. The van der Waals surface area contributed by atoms with Crippen molar-refractivity contribution in [3.8, 4) is 0 Å². The molecule has 1 unspecified atom stereocenters. The minimum absolute atomic E-state index is 0.225. The number of likely N-dealkylation sites (tertiary alicyclic amines) is 1. The molecule has 2 amide bonds. The summed E-state index contributed by atoms with van der Waals surface area (Å²) in [7, 11) is 0. The Balaban J connectivity index is 1.13. The molecule has 1 atom stereocenters. The molecule has 158 valence electrons. The van der Waals surface area contributed by atoms with Crippen molar-refractivity contribution in [1.29, 1.82) is 0 Å². The second kappa shape index (κ2) is 8.34. The van der Waals surface area contributed by atoms with E-state index in [1.807, 2.05) is 21.1 Å². The molecule has 0 spiro atoms. The molecule has 2 saturated heterocycles. The lowest BCUT2D eigenvalue weighted by Gasteiger charge is -2.37. The van der Waals surface area contributed by atoms with Crippen molar-refractivity contribution in [2.75, 3.05) is 45.8 Å². The average Bonchev–Trinajstić information content (AvgIpc) is 3.51. The number of aryl methyl sites for hydroxylation is 2. The number of piperazine rings is 1. The van der Waals surface area contributed by atoms with Gasteiger partial charge in [0.2, 0.25) is 11.8 Å². The number of carbonyl (C=O) groups is 2. The van der Waals surface area contributed by atoms with Crippen molar-refractivity contribution in [3.05, 3.63) is 15.6 Å². The molecule has 2 aliphatic carbocycles. The molecule has 0 N–H and O–H groups in total. The van der Waals surface area contributed by atoms with E-state index in [-0.39, 0.29) is 11.8 Å². The van der Waals surface area contributed by atoms with Gasteiger partial charge < -0.3 is 9.80 Å². The fraction of sp³-hybridized carbons (Fsp3) is 0.773. The summed E-state index contributed by atoms with van der Waals surface area (Å²) in [5.41, 5.74) is 1.35. The number of fused-ring (bicyclic) bond motifs is 1. The minimum atomic E-state index is 0.225. The van der Waals surface area contributed by atoms with E-state index in [2.05, 4.69) is 4.90 Å². The topological polar surface area (TPSA) is 56.8 Å². The molecule has 29 heavy (non-hydrogen) atoms. The number of amides is 2. The van der Waals surface area contributed by atoms with Crippen molar-refractivity contribution in [2.45, 2.75) is 57.3 Å². The third-order valence-corrected chi connectivity index (χ3v) is 8.27. The smallest absolute Gasteiger partial charge is 0.236 e. The van der Waals surface area contributed by atoms with Gasteiger partial charge in [0.1, 0.15) is 0 Å². The number of aromatic nitrogens is 1. The van der Waals surface area contributed by atoms with E-state index in [9.17, 15) is 9.59 Å². The van der Waals surface area contributed by atoms with Crippen LogP contribution in [0.4, 0.5) is 0 Å². The highest BCUT2D eigenvalue weighted by Crippen LogP contribution is 2.35. The summed E-state index contributed by atoms with van der Waals surface area (Å²) in [6.07, 6.45) is 9.38. The Morgan fingerprint density at radius 3 is 2.45 bits per heavy atom. The molecule has 3 heterocycles. The molecular formula is C22H32N4O2S. The van der Waals surface area contributed by atoms with E-state index in [1.165, 1.54) is 41.3 Å². The first kappa shape index (κ1) is 19.5. The van der Waals surface area contributed by atoms with Gasteiger partial charge in [-0.25, -0.2) is 4.98 Å². The van der Waals surface area contributed by atoms with Gasteiger partial charge in [0, 0.05) is 49.4 Å². The number of rotatable bonds is 4. The zero-order valence-electron chi connectivity index (χ0n) is 17.3. The van der Waals surface area contributed by atoms with Crippen LogP contribution in [-0.4, -0.2) is 77.3 Å². The molecule has 0 aromatic carbocycles. The van der Waals surface area contributed by atoms with Crippen LogP contribution in [0.25, 0.3) is 0 Å². The van der Waals surface area contributed by atoms with Crippen molar-refractivity contribution in [1.82, 2.24) is 19.7 Å². The molecule has 5 rings (SSSR count). The molecular weight excluding hydrogens is 384 g/mol. The number of thiazole rings is 1. The van der Waals surface area contributed by atoms with Gasteiger partial charge in [-0.15, -0.1) is 11.3 Å². The van der Waals surface area contributed by atoms with Gasteiger partial charge in [0.25, 0.3) is 0 Å². The SMILES string of the molecule is O=C(CN1CCCC(c2nc3c(s2)CCCC3)C1)N1CCN(C(=O)C2CC2)CC1. The molecule has 7 heteroatoms. The lowest BCUT2D eigenvalue weighted by Crippen LogP contribution is -2.53. The van der Waals surface area contributed by atoms with Crippen LogP contribution in [0.3, 0.4) is 0 Å². The Hall–Kier alpha value is -1.47. The number of hydrogen-bond acceptors (Lipinski definition) is 5. The summed E-state index contributed by atoms with van der Waals surface area (Å²) in [5, 5.41) is 1.31. The predicted molar refractivity (Wildman–Crippen MR) is 113 cm³/mol. The largest absolute Gasteiger partial charge is 0.339 e. The van der Waals surface area contributed by atoms with Crippen molar-refractivity contribution >= 4 is 23.2 Å². The lowest BCUT2D eigenvalue weighted by atomic mass is 9.98. The molecule has 2 aliphatic heterocycles. The first-order valence-corrected chi connectivity index (χ1v) is 12.3. The molecule has 6 nitrogen and oxygen atoms in total. The van der Waals surface area contributed by atoms with Crippen LogP contribution in [0.1, 0.15) is 60.0 Å². The summed E-state index contributed by atoms with van der Waals surface area (Å²) >= 11 is 1.93. The molecule has 1 aromatic rings. The third-order valence-electron chi connectivity index (χ3n) is 6.95. The Labute approximate surface area is 177 Å². The second-order valence-electron chi connectivity index (χ2n) is 9.18. The van der Waals surface area contributed by atoms with E-state index in [4.69, 9.17) is 4.98 Å². The maximum Gasteiger partial charge on any atom is 0.236 e. The molecule has 0 radical (unpaired) electrons. The van der Waals surface area contributed by atoms with Crippen LogP contribution in [0.15, 0.2) is 0 Å². The fourth-order valence-corrected chi connectivity index (χ4v) is 6.28. The first-order valence-electron chi connectivity index (χ1n) is 11.4. The van der Waals surface area contributed by atoms with Crippen LogP contribution < -0.4 is 0 Å². The average molecular weight is 417 g/mol. The number of carbonyl (C=O) groups excluding carboxylic acids is 2. The zero-order valence-corrected chi connectivity index (χ0v) is 18.1. The monoisotopic (exact) mass is 416 g/mol. The van der Waals surface area contributed by atoms with Crippen molar-refractivity contribution in [3.63, 3.8) is 0 Å². The highest BCUT2D eigenvalue weighted by atomic mass is 32.1. The summed E-state index contributed by atoms with van der Waals surface area (Å²) in [6.45, 7) is 5.26. The molecule has 4 aliphatic rings. The van der Waals surface area contributed by atoms with E-state index in [0.29, 0.717) is 44.5 Å².